The lowest BCUT2D eigenvalue weighted by molar-refractivity contribution is 0.0440. The Balaban J connectivity index is 1.70. The quantitative estimate of drug-likeness (QED) is 0.455. The third-order valence-electron chi connectivity index (χ3n) is 2.89. The summed E-state index contributed by atoms with van der Waals surface area (Å²) in [6.07, 6.45) is 0. The van der Waals surface area contributed by atoms with Crippen LogP contribution in [0.3, 0.4) is 0 Å². The van der Waals surface area contributed by atoms with Gasteiger partial charge >= 0.3 is 5.97 Å². The number of hydrogen-bond acceptors (Lipinski definition) is 7. The van der Waals surface area contributed by atoms with Crippen LogP contribution in [0, 0.1) is 0 Å². The number of aromatic nitrogens is 2. The van der Waals surface area contributed by atoms with Crippen molar-refractivity contribution in [2.45, 2.75) is 6.61 Å². The molecule has 0 unspecified atom stereocenters. The zero-order valence-corrected chi connectivity index (χ0v) is 15.7. The molecule has 0 saturated carbocycles. The maximum atomic E-state index is 12.1. The Morgan fingerprint density at radius 2 is 2.12 bits per heavy atom. The highest BCUT2D eigenvalue weighted by molar-refractivity contribution is 9.11. The van der Waals surface area contributed by atoms with Gasteiger partial charge in [0.2, 0.25) is 0 Å². The third kappa shape index (κ3) is 3.72. The lowest BCUT2D eigenvalue weighted by Gasteiger charge is -2.07. The normalized spacial score (nSPS) is 10.8. The largest absolute Gasteiger partial charge is 0.452 e. The molecular formula is C14H8BrCl2N3O3S. The van der Waals surface area contributed by atoms with Crippen LogP contribution in [0.25, 0.3) is 10.8 Å². The summed E-state index contributed by atoms with van der Waals surface area (Å²) >= 11 is 16.6. The van der Waals surface area contributed by atoms with Crippen molar-refractivity contribution in [3.8, 4) is 10.8 Å². The average Bonchev–Trinajstić information content (AvgIpc) is 3.17. The zero-order valence-electron chi connectivity index (χ0n) is 11.8. The first-order chi connectivity index (χ1) is 11.4. The number of esters is 1. The molecule has 0 atom stereocenters. The number of nitrogens with zero attached hydrogens (tertiary/aromatic N) is 2. The molecule has 10 heteroatoms. The molecule has 0 saturated heterocycles. The number of rotatable bonds is 4. The van der Waals surface area contributed by atoms with E-state index in [4.69, 9.17) is 38.1 Å². The fourth-order valence-corrected chi connectivity index (χ4v) is 3.60. The predicted molar refractivity (Wildman–Crippen MR) is 95.3 cm³/mol. The van der Waals surface area contributed by atoms with Crippen LogP contribution in [0.4, 0.5) is 5.69 Å². The first-order valence-corrected chi connectivity index (χ1v) is 8.80. The third-order valence-corrected chi connectivity index (χ3v) is 5.03. The fourth-order valence-electron chi connectivity index (χ4n) is 1.80. The fraction of sp³-hybridized carbons (Fsp3) is 0.0714. The van der Waals surface area contributed by atoms with Gasteiger partial charge in [-0.1, -0.05) is 23.2 Å². The minimum Gasteiger partial charge on any atom is -0.452 e. The van der Waals surface area contributed by atoms with E-state index in [0.717, 1.165) is 8.66 Å². The first kappa shape index (κ1) is 17.2. The van der Waals surface area contributed by atoms with Crippen molar-refractivity contribution in [2.75, 3.05) is 5.73 Å². The van der Waals surface area contributed by atoms with Crippen LogP contribution in [0.2, 0.25) is 10.0 Å². The van der Waals surface area contributed by atoms with E-state index >= 15 is 0 Å². The molecule has 0 fully saturated rings. The van der Waals surface area contributed by atoms with Gasteiger partial charge in [0.15, 0.2) is 6.61 Å². The van der Waals surface area contributed by atoms with E-state index in [9.17, 15) is 4.79 Å². The highest BCUT2D eigenvalue weighted by Crippen LogP contribution is 2.31. The number of benzene rings is 1. The van der Waals surface area contributed by atoms with Crippen LogP contribution in [-0.2, 0) is 11.3 Å². The Morgan fingerprint density at radius 3 is 2.83 bits per heavy atom. The van der Waals surface area contributed by atoms with Crippen LogP contribution >= 0.6 is 50.5 Å². The smallest absolute Gasteiger partial charge is 0.340 e. The number of thiophene rings is 1. The van der Waals surface area contributed by atoms with E-state index in [1.165, 1.54) is 23.5 Å². The maximum Gasteiger partial charge on any atom is 0.340 e. The topological polar surface area (TPSA) is 91.2 Å². The summed E-state index contributed by atoms with van der Waals surface area (Å²) in [7, 11) is 0. The average molecular weight is 449 g/mol. The first-order valence-electron chi connectivity index (χ1n) is 6.44. The molecule has 3 rings (SSSR count). The van der Waals surface area contributed by atoms with E-state index in [1.807, 2.05) is 12.1 Å². The highest BCUT2D eigenvalue weighted by Gasteiger charge is 2.17. The molecule has 0 radical (unpaired) electrons. The summed E-state index contributed by atoms with van der Waals surface area (Å²) in [4.78, 5) is 12.9. The number of halogens is 3. The maximum absolute atomic E-state index is 12.1. The number of nitrogen functional groups attached to an aromatic ring is 1. The minimum absolute atomic E-state index is 0.0782. The molecule has 0 bridgehead atoms. The van der Waals surface area contributed by atoms with Gasteiger partial charge in [0.25, 0.3) is 11.8 Å². The van der Waals surface area contributed by atoms with Crippen LogP contribution in [0.1, 0.15) is 16.2 Å². The van der Waals surface area contributed by atoms with Gasteiger partial charge in [-0.2, -0.15) is 0 Å². The summed E-state index contributed by atoms with van der Waals surface area (Å²) in [5.41, 5.74) is 5.93. The highest BCUT2D eigenvalue weighted by atomic mass is 79.9. The molecule has 0 spiro atoms. The lowest BCUT2D eigenvalue weighted by atomic mass is 10.2. The van der Waals surface area contributed by atoms with Crippen LogP contribution in [0.15, 0.2) is 32.5 Å². The van der Waals surface area contributed by atoms with Gasteiger partial charge in [-0.3, -0.25) is 0 Å². The molecule has 0 aliphatic carbocycles. The molecule has 0 aliphatic rings. The van der Waals surface area contributed by atoms with Crippen molar-refractivity contribution in [1.29, 1.82) is 0 Å². The molecule has 2 heterocycles. The van der Waals surface area contributed by atoms with E-state index in [-0.39, 0.29) is 33.8 Å². The van der Waals surface area contributed by atoms with Gasteiger partial charge in [-0.05, 0) is 40.2 Å². The lowest BCUT2D eigenvalue weighted by Crippen LogP contribution is -2.09. The Labute approximate surface area is 158 Å². The molecule has 24 heavy (non-hydrogen) atoms. The molecule has 3 aromatic rings. The van der Waals surface area contributed by atoms with Crippen LogP contribution in [-0.4, -0.2) is 16.2 Å². The molecule has 124 valence electrons. The number of anilines is 1. The Hall–Kier alpha value is -1.61. The minimum atomic E-state index is -0.685. The second kappa shape index (κ2) is 7.10. The summed E-state index contributed by atoms with van der Waals surface area (Å²) in [5.74, 6) is -0.174. The van der Waals surface area contributed by atoms with Gasteiger partial charge in [-0.15, -0.1) is 21.5 Å². The number of ether oxygens (including phenoxy) is 1. The van der Waals surface area contributed by atoms with Gasteiger partial charge in [-0.25, -0.2) is 4.79 Å². The van der Waals surface area contributed by atoms with Crippen LogP contribution < -0.4 is 5.73 Å². The van der Waals surface area contributed by atoms with Crippen molar-refractivity contribution in [1.82, 2.24) is 10.2 Å². The second-order valence-corrected chi connectivity index (χ2v) is 7.84. The van der Waals surface area contributed by atoms with Gasteiger partial charge in [0, 0.05) is 5.02 Å². The van der Waals surface area contributed by atoms with Crippen LogP contribution in [0.5, 0.6) is 0 Å². The molecular weight excluding hydrogens is 441 g/mol. The number of nitrogens with two attached hydrogens (primary N) is 1. The standard InChI is InChI=1S/C14H8BrCl2N3O3S/c15-10-2-1-9(24-10)13-20-19-11(23-13)5-22-14(21)7-3-6(16)4-8(17)12(7)18/h1-4H,5,18H2. The van der Waals surface area contributed by atoms with Crippen molar-refractivity contribution in [2.24, 2.45) is 0 Å². The predicted octanol–water partition coefficient (Wildman–Crippen LogP) is 4.81. The van der Waals surface area contributed by atoms with Crippen molar-refractivity contribution < 1.29 is 13.9 Å². The molecule has 6 nitrogen and oxygen atoms in total. The van der Waals surface area contributed by atoms with E-state index in [2.05, 4.69) is 26.1 Å². The van der Waals surface area contributed by atoms with E-state index in [0.29, 0.717) is 5.89 Å². The van der Waals surface area contributed by atoms with E-state index < -0.39 is 5.97 Å². The van der Waals surface area contributed by atoms with Crippen molar-refractivity contribution in [3.63, 3.8) is 0 Å². The Kier molecular flexibility index (Phi) is 5.09. The Bertz CT molecular complexity index is 913. The summed E-state index contributed by atoms with van der Waals surface area (Å²) < 4.78 is 11.5. The van der Waals surface area contributed by atoms with Gasteiger partial charge in [0.05, 0.1) is 24.9 Å². The molecule has 0 aliphatic heterocycles. The molecule has 2 aromatic heterocycles. The number of hydrogen-bond donors (Lipinski definition) is 1. The molecule has 1 aromatic carbocycles. The SMILES string of the molecule is Nc1c(Cl)cc(Cl)cc1C(=O)OCc1nnc(-c2ccc(Br)s2)o1. The monoisotopic (exact) mass is 447 g/mol. The van der Waals surface area contributed by atoms with Gasteiger partial charge in [0.1, 0.15) is 0 Å². The summed E-state index contributed by atoms with van der Waals surface area (Å²) in [5, 5.41) is 8.21. The zero-order chi connectivity index (χ0) is 17.3. The Morgan fingerprint density at radius 1 is 1.33 bits per heavy atom. The van der Waals surface area contributed by atoms with Crippen molar-refractivity contribution in [3.05, 3.63) is 49.6 Å². The molecule has 0 amide bonds. The number of carbonyl (C=O) groups is 1. The van der Waals surface area contributed by atoms with Crippen molar-refractivity contribution >= 4 is 62.1 Å². The summed E-state index contributed by atoms with van der Waals surface area (Å²) in [6, 6.07) is 6.54. The van der Waals surface area contributed by atoms with E-state index in [1.54, 1.807) is 0 Å². The molecule has 2 N–H and O–H groups in total. The second-order valence-electron chi connectivity index (χ2n) is 4.53. The van der Waals surface area contributed by atoms with Gasteiger partial charge < -0.3 is 14.9 Å². The number of carbonyl (C=O) groups excluding carboxylic acids is 1. The summed E-state index contributed by atoms with van der Waals surface area (Å²) in [6.45, 7) is -0.193.